The molecule has 2 aromatic carbocycles. The predicted molar refractivity (Wildman–Crippen MR) is 142 cm³/mol. The molecule has 9 heteroatoms. The van der Waals surface area contributed by atoms with Crippen molar-refractivity contribution in [2.75, 3.05) is 17.1 Å². The van der Waals surface area contributed by atoms with Crippen LogP contribution in [0.2, 0.25) is 5.02 Å². The molecule has 1 unspecified atom stereocenters. The molecule has 0 fully saturated rings. The largest absolute Gasteiger partial charge is 0.350 e. The standard InChI is InChI=1S/C26H36ClN3O4S/c1-19-12-14-21(15-13-19)18-29(20(2)25(32)28-26(3,4)5)24(31)11-8-16-30(35(6,33)34)23-10-7-9-22(27)17-23/h7,9-10,12-15,17,20H,8,11,16,18H2,1-6H3,(H,28,32). The van der Waals surface area contributed by atoms with Gasteiger partial charge in [0.2, 0.25) is 21.8 Å². The van der Waals surface area contributed by atoms with Crippen LogP contribution in [0.3, 0.4) is 0 Å². The fourth-order valence-electron chi connectivity index (χ4n) is 3.58. The molecular formula is C26H36ClN3O4S. The molecule has 1 atom stereocenters. The molecular weight excluding hydrogens is 486 g/mol. The average Bonchev–Trinajstić information content (AvgIpc) is 2.73. The van der Waals surface area contributed by atoms with Crippen molar-refractivity contribution in [2.24, 2.45) is 0 Å². The number of nitrogens with one attached hydrogen (secondary N) is 1. The van der Waals surface area contributed by atoms with Crippen molar-refractivity contribution in [1.82, 2.24) is 10.2 Å². The minimum absolute atomic E-state index is 0.0889. The number of sulfonamides is 1. The van der Waals surface area contributed by atoms with Gasteiger partial charge in [0.15, 0.2) is 0 Å². The summed E-state index contributed by atoms with van der Waals surface area (Å²) in [6.45, 7) is 9.76. The molecule has 0 aromatic heterocycles. The van der Waals surface area contributed by atoms with E-state index in [1.165, 1.54) is 4.31 Å². The molecule has 0 aliphatic heterocycles. The maximum Gasteiger partial charge on any atom is 0.242 e. The van der Waals surface area contributed by atoms with Gasteiger partial charge in [-0.25, -0.2) is 8.42 Å². The molecule has 2 rings (SSSR count). The summed E-state index contributed by atoms with van der Waals surface area (Å²) in [4.78, 5) is 27.7. The van der Waals surface area contributed by atoms with Crippen molar-refractivity contribution in [3.05, 3.63) is 64.7 Å². The molecule has 0 aliphatic rings. The summed E-state index contributed by atoms with van der Waals surface area (Å²) in [5.74, 6) is -0.462. The van der Waals surface area contributed by atoms with E-state index in [1.54, 1.807) is 36.1 Å². The number of carbonyl (C=O) groups is 2. The Balaban J connectivity index is 2.18. The van der Waals surface area contributed by atoms with Crippen molar-refractivity contribution in [2.45, 2.75) is 65.6 Å². The zero-order valence-electron chi connectivity index (χ0n) is 21.3. The van der Waals surface area contributed by atoms with Crippen molar-refractivity contribution in [3.63, 3.8) is 0 Å². The Bertz CT molecular complexity index is 1130. The minimum Gasteiger partial charge on any atom is -0.350 e. The van der Waals surface area contributed by atoms with E-state index >= 15 is 0 Å². The van der Waals surface area contributed by atoms with Gasteiger partial charge in [-0.2, -0.15) is 0 Å². The van der Waals surface area contributed by atoms with E-state index < -0.39 is 21.6 Å². The molecule has 35 heavy (non-hydrogen) atoms. The summed E-state index contributed by atoms with van der Waals surface area (Å²) in [6, 6.07) is 13.7. The Morgan fingerprint density at radius 1 is 1.09 bits per heavy atom. The van der Waals surface area contributed by atoms with Gasteiger partial charge in [-0.05, 0) is 64.8 Å². The Hall–Kier alpha value is -2.58. The van der Waals surface area contributed by atoms with Crippen LogP contribution in [0, 0.1) is 6.92 Å². The van der Waals surface area contributed by atoms with Crippen molar-refractivity contribution in [1.29, 1.82) is 0 Å². The van der Waals surface area contributed by atoms with E-state index in [-0.39, 0.29) is 37.7 Å². The second-order valence-electron chi connectivity index (χ2n) is 9.84. The minimum atomic E-state index is -3.57. The smallest absolute Gasteiger partial charge is 0.242 e. The highest BCUT2D eigenvalue weighted by Crippen LogP contribution is 2.23. The van der Waals surface area contributed by atoms with Crippen LogP contribution < -0.4 is 9.62 Å². The number of anilines is 1. The normalized spacial score (nSPS) is 12.7. The Labute approximate surface area is 214 Å². The number of hydrogen-bond donors (Lipinski definition) is 1. The molecule has 0 heterocycles. The third-order valence-corrected chi connectivity index (χ3v) is 6.82. The SMILES string of the molecule is Cc1ccc(CN(C(=O)CCCN(c2cccc(Cl)c2)S(C)(=O)=O)C(C)C(=O)NC(C)(C)C)cc1. The van der Waals surface area contributed by atoms with Crippen LogP contribution >= 0.6 is 11.6 Å². The summed E-state index contributed by atoms with van der Waals surface area (Å²) in [5, 5.41) is 3.36. The van der Waals surface area contributed by atoms with Crippen LogP contribution in [0.25, 0.3) is 0 Å². The highest BCUT2D eigenvalue weighted by atomic mass is 35.5. The first-order valence-corrected chi connectivity index (χ1v) is 13.8. The van der Waals surface area contributed by atoms with E-state index in [4.69, 9.17) is 11.6 Å². The lowest BCUT2D eigenvalue weighted by Gasteiger charge is -2.32. The van der Waals surface area contributed by atoms with Crippen LogP contribution in [0.15, 0.2) is 48.5 Å². The lowest BCUT2D eigenvalue weighted by Crippen LogP contribution is -2.52. The summed E-state index contributed by atoms with van der Waals surface area (Å²) in [7, 11) is -3.57. The lowest BCUT2D eigenvalue weighted by molar-refractivity contribution is -0.141. The van der Waals surface area contributed by atoms with Crippen molar-refractivity contribution >= 4 is 39.1 Å². The second kappa shape index (κ2) is 11.9. The quantitative estimate of drug-likeness (QED) is 0.497. The van der Waals surface area contributed by atoms with Gasteiger partial charge in [0.1, 0.15) is 6.04 Å². The average molecular weight is 522 g/mol. The van der Waals surface area contributed by atoms with E-state index in [0.29, 0.717) is 10.7 Å². The Kier molecular flexibility index (Phi) is 9.75. The second-order valence-corrected chi connectivity index (χ2v) is 12.2. The number of benzene rings is 2. The molecule has 0 saturated carbocycles. The molecule has 1 N–H and O–H groups in total. The molecule has 7 nitrogen and oxygen atoms in total. The van der Waals surface area contributed by atoms with Crippen LogP contribution in [-0.4, -0.2) is 49.5 Å². The van der Waals surface area contributed by atoms with E-state index in [2.05, 4.69) is 5.32 Å². The molecule has 0 saturated heterocycles. The maximum atomic E-state index is 13.3. The van der Waals surface area contributed by atoms with Crippen molar-refractivity contribution in [3.8, 4) is 0 Å². The first-order valence-electron chi connectivity index (χ1n) is 11.6. The first-order chi connectivity index (χ1) is 16.2. The van der Waals surface area contributed by atoms with Gasteiger partial charge in [-0.15, -0.1) is 0 Å². The molecule has 192 valence electrons. The summed E-state index contributed by atoms with van der Waals surface area (Å²) >= 11 is 6.04. The third-order valence-electron chi connectivity index (χ3n) is 5.39. The monoisotopic (exact) mass is 521 g/mol. The Morgan fingerprint density at radius 2 is 1.71 bits per heavy atom. The fourth-order valence-corrected chi connectivity index (χ4v) is 4.72. The maximum absolute atomic E-state index is 13.3. The van der Waals surface area contributed by atoms with Crippen LogP contribution in [-0.2, 0) is 26.2 Å². The number of rotatable bonds is 10. The zero-order valence-corrected chi connectivity index (χ0v) is 22.9. The first kappa shape index (κ1) is 28.7. The molecule has 2 aromatic rings. The van der Waals surface area contributed by atoms with E-state index in [1.807, 2.05) is 52.0 Å². The van der Waals surface area contributed by atoms with E-state index in [9.17, 15) is 18.0 Å². The number of carbonyl (C=O) groups excluding carboxylic acids is 2. The van der Waals surface area contributed by atoms with Gasteiger partial charge >= 0.3 is 0 Å². The number of amides is 2. The molecule has 0 bridgehead atoms. The van der Waals surface area contributed by atoms with Crippen molar-refractivity contribution < 1.29 is 18.0 Å². The van der Waals surface area contributed by atoms with Gasteiger partial charge in [0.25, 0.3) is 0 Å². The summed E-state index contributed by atoms with van der Waals surface area (Å²) in [5.41, 5.74) is 2.03. The lowest BCUT2D eigenvalue weighted by atomic mass is 10.1. The highest BCUT2D eigenvalue weighted by Gasteiger charge is 2.28. The van der Waals surface area contributed by atoms with Gasteiger partial charge in [-0.3, -0.25) is 13.9 Å². The summed E-state index contributed by atoms with van der Waals surface area (Å²) < 4.78 is 26.0. The fraction of sp³-hybridized carbons (Fsp3) is 0.462. The highest BCUT2D eigenvalue weighted by molar-refractivity contribution is 7.92. The van der Waals surface area contributed by atoms with Crippen LogP contribution in [0.1, 0.15) is 51.7 Å². The number of halogens is 1. The van der Waals surface area contributed by atoms with Crippen LogP contribution in [0.5, 0.6) is 0 Å². The predicted octanol–water partition coefficient (Wildman–Crippen LogP) is 4.53. The van der Waals surface area contributed by atoms with Gasteiger partial charge in [-0.1, -0.05) is 47.5 Å². The van der Waals surface area contributed by atoms with E-state index in [0.717, 1.165) is 17.4 Å². The third kappa shape index (κ3) is 9.18. The zero-order chi connectivity index (χ0) is 26.4. The number of aryl methyl sites for hydroxylation is 1. The molecule has 0 radical (unpaired) electrons. The number of nitrogens with zero attached hydrogens (tertiary/aromatic N) is 2. The van der Waals surface area contributed by atoms with Gasteiger partial charge < -0.3 is 10.2 Å². The van der Waals surface area contributed by atoms with Gasteiger partial charge in [0, 0.05) is 30.1 Å². The topological polar surface area (TPSA) is 86.8 Å². The van der Waals surface area contributed by atoms with Gasteiger partial charge in [0.05, 0.1) is 11.9 Å². The Morgan fingerprint density at radius 3 is 2.26 bits per heavy atom. The molecule has 0 spiro atoms. The number of hydrogen-bond acceptors (Lipinski definition) is 4. The summed E-state index contributed by atoms with van der Waals surface area (Å²) in [6.07, 6.45) is 1.50. The molecule has 2 amide bonds. The van der Waals surface area contributed by atoms with Crippen LogP contribution in [0.4, 0.5) is 5.69 Å². The molecule has 0 aliphatic carbocycles.